The molecule has 0 bridgehead atoms. The minimum absolute atomic E-state index is 0.0337. The second kappa shape index (κ2) is 5.20. The number of rotatable bonds is 3. The lowest BCUT2D eigenvalue weighted by molar-refractivity contribution is 0.812. The van der Waals surface area contributed by atoms with Gasteiger partial charge in [0.25, 0.3) is 0 Å². The van der Waals surface area contributed by atoms with Crippen LogP contribution >= 0.6 is 15.9 Å². The average molecular weight is 267 g/mol. The predicted octanol–water partition coefficient (Wildman–Crippen LogP) is 2.54. The van der Waals surface area contributed by atoms with Crippen molar-refractivity contribution in [3.8, 4) is 12.3 Å². The van der Waals surface area contributed by atoms with Crippen LogP contribution in [0.25, 0.3) is 0 Å². The highest BCUT2D eigenvalue weighted by atomic mass is 79.9. The van der Waals surface area contributed by atoms with Crippen LogP contribution in [-0.2, 0) is 0 Å². The van der Waals surface area contributed by atoms with Crippen molar-refractivity contribution in [3.63, 3.8) is 0 Å². The standard InChI is InChI=1S/C12H15BrN2/c1-4-7-15(3)10-5-6-11(9(2)14)12(13)8-10/h1,5-6,8-9H,7,14H2,2-3H3. The lowest BCUT2D eigenvalue weighted by atomic mass is 10.1. The van der Waals surface area contributed by atoms with Gasteiger partial charge in [-0.3, -0.25) is 0 Å². The molecular formula is C12H15BrN2. The third-order valence-corrected chi connectivity index (χ3v) is 2.93. The number of halogens is 1. The summed E-state index contributed by atoms with van der Waals surface area (Å²) in [6.07, 6.45) is 5.26. The molecule has 0 aliphatic carbocycles. The summed E-state index contributed by atoms with van der Waals surface area (Å²) in [6, 6.07) is 6.12. The minimum Gasteiger partial charge on any atom is -0.363 e. The van der Waals surface area contributed by atoms with Gasteiger partial charge in [-0.2, -0.15) is 0 Å². The largest absolute Gasteiger partial charge is 0.363 e. The number of hydrogen-bond acceptors (Lipinski definition) is 2. The second-order valence-electron chi connectivity index (χ2n) is 3.55. The van der Waals surface area contributed by atoms with Gasteiger partial charge in [0.2, 0.25) is 0 Å². The summed E-state index contributed by atoms with van der Waals surface area (Å²) in [5, 5.41) is 0. The second-order valence-corrected chi connectivity index (χ2v) is 4.41. The van der Waals surface area contributed by atoms with Gasteiger partial charge in [-0.15, -0.1) is 6.42 Å². The first-order valence-electron chi connectivity index (χ1n) is 4.76. The van der Waals surface area contributed by atoms with Crippen LogP contribution in [0.3, 0.4) is 0 Å². The molecule has 3 heteroatoms. The molecule has 1 aromatic rings. The van der Waals surface area contributed by atoms with E-state index in [4.69, 9.17) is 12.2 Å². The van der Waals surface area contributed by atoms with E-state index in [9.17, 15) is 0 Å². The highest BCUT2D eigenvalue weighted by Crippen LogP contribution is 2.26. The molecule has 1 atom stereocenters. The molecule has 1 rings (SSSR count). The van der Waals surface area contributed by atoms with Gasteiger partial charge >= 0.3 is 0 Å². The van der Waals surface area contributed by atoms with Crippen LogP contribution in [0, 0.1) is 12.3 Å². The molecule has 80 valence electrons. The molecule has 0 aliphatic heterocycles. The molecule has 15 heavy (non-hydrogen) atoms. The number of hydrogen-bond donors (Lipinski definition) is 1. The van der Waals surface area contributed by atoms with E-state index in [2.05, 4.69) is 21.9 Å². The van der Waals surface area contributed by atoms with Gasteiger partial charge in [-0.1, -0.05) is 27.9 Å². The van der Waals surface area contributed by atoms with Crippen molar-refractivity contribution in [2.75, 3.05) is 18.5 Å². The lowest BCUT2D eigenvalue weighted by Crippen LogP contribution is -2.17. The van der Waals surface area contributed by atoms with E-state index in [0.717, 1.165) is 15.7 Å². The molecule has 1 unspecified atom stereocenters. The molecule has 0 amide bonds. The molecule has 2 N–H and O–H groups in total. The fraction of sp³-hybridized carbons (Fsp3) is 0.333. The fourth-order valence-electron chi connectivity index (χ4n) is 1.35. The van der Waals surface area contributed by atoms with Gasteiger partial charge < -0.3 is 10.6 Å². The van der Waals surface area contributed by atoms with Crippen molar-refractivity contribution in [1.82, 2.24) is 0 Å². The van der Waals surface area contributed by atoms with Crippen molar-refractivity contribution in [2.45, 2.75) is 13.0 Å². The Labute approximate surface area is 99.6 Å². The normalized spacial score (nSPS) is 11.9. The Balaban J connectivity index is 2.97. The van der Waals surface area contributed by atoms with Crippen molar-refractivity contribution in [3.05, 3.63) is 28.2 Å². The lowest BCUT2D eigenvalue weighted by Gasteiger charge is -2.18. The Bertz CT molecular complexity index is 380. The summed E-state index contributed by atoms with van der Waals surface area (Å²) in [6.45, 7) is 2.56. The molecule has 2 nitrogen and oxygen atoms in total. The molecule has 1 aromatic carbocycles. The molecule has 0 saturated heterocycles. The average Bonchev–Trinajstić information content (AvgIpc) is 2.17. The zero-order valence-corrected chi connectivity index (χ0v) is 10.6. The summed E-state index contributed by atoms with van der Waals surface area (Å²) in [5.41, 5.74) is 8.02. The van der Waals surface area contributed by atoms with Gasteiger partial charge in [-0.05, 0) is 24.6 Å². The van der Waals surface area contributed by atoms with Crippen molar-refractivity contribution in [2.24, 2.45) is 5.73 Å². The highest BCUT2D eigenvalue weighted by molar-refractivity contribution is 9.10. The van der Waals surface area contributed by atoms with Gasteiger partial charge in [0, 0.05) is 23.2 Å². The van der Waals surface area contributed by atoms with Gasteiger partial charge in [0.1, 0.15) is 0 Å². The van der Waals surface area contributed by atoms with Crippen LogP contribution in [0.2, 0.25) is 0 Å². The van der Waals surface area contributed by atoms with E-state index in [1.54, 1.807) is 0 Å². The third kappa shape index (κ3) is 2.98. The monoisotopic (exact) mass is 266 g/mol. The van der Waals surface area contributed by atoms with E-state index >= 15 is 0 Å². The van der Waals surface area contributed by atoms with E-state index in [1.165, 1.54) is 0 Å². The molecule has 0 radical (unpaired) electrons. The third-order valence-electron chi connectivity index (χ3n) is 2.24. The summed E-state index contributed by atoms with van der Waals surface area (Å²) in [7, 11) is 1.97. The van der Waals surface area contributed by atoms with Gasteiger partial charge in [0.15, 0.2) is 0 Å². The Hall–Kier alpha value is -0.980. The van der Waals surface area contributed by atoms with Gasteiger partial charge in [-0.25, -0.2) is 0 Å². The van der Waals surface area contributed by atoms with Crippen LogP contribution in [0.5, 0.6) is 0 Å². The fourth-order valence-corrected chi connectivity index (χ4v) is 2.08. The van der Waals surface area contributed by atoms with Crippen LogP contribution < -0.4 is 10.6 Å². The zero-order chi connectivity index (χ0) is 11.4. The maximum atomic E-state index is 5.82. The molecule has 0 fully saturated rings. The first kappa shape index (κ1) is 12.1. The SMILES string of the molecule is C#CCN(C)c1ccc(C(C)N)c(Br)c1. The van der Waals surface area contributed by atoms with E-state index in [-0.39, 0.29) is 6.04 Å². The summed E-state index contributed by atoms with van der Waals surface area (Å²) >= 11 is 3.51. The van der Waals surface area contributed by atoms with Crippen LogP contribution in [0.15, 0.2) is 22.7 Å². The predicted molar refractivity (Wildman–Crippen MR) is 68.8 cm³/mol. The van der Waals surface area contributed by atoms with E-state index in [1.807, 2.05) is 37.1 Å². The maximum absolute atomic E-state index is 5.82. The summed E-state index contributed by atoms with van der Waals surface area (Å²) in [4.78, 5) is 2.01. The summed E-state index contributed by atoms with van der Waals surface area (Å²) in [5.74, 6) is 2.61. The van der Waals surface area contributed by atoms with E-state index < -0.39 is 0 Å². The van der Waals surface area contributed by atoms with Crippen molar-refractivity contribution >= 4 is 21.6 Å². The molecule has 0 saturated carbocycles. The highest BCUT2D eigenvalue weighted by Gasteiger charge is 2.07. The number of benzene rings is 1. The van der Waals surface area contributed by atoms with Crippen LogP contribution in [0.4, 0.5) is 5.69 Å². The topological polar surface area (TPSA) is 29.3 Å². The van der Waals surface area contributed by atoms with Crippen LogP contribution in [0.1, 0.15) is 18.5 Å². The molecule has 0 spiro atoms. The Morgan fingerprint density at radius 3 is 2.73 bits per heavy atom. The molecule has 0 aliphatic rings. The molecular weight excluding hydrogens is 252 g/mol. The smallest absolute Gasteiger partial charge is 0.0788 e. The Morgan fingerprint density at radius 1 is 1.60 bits per heavy atom. The Kier molecular flexibility index (Phi) is 4.19. The quantitative estimate of drug-likeness (QED) is 0.853. The Morgan fingerprint density at radius 2 is 2.27 bits per heavy atom. The number of nitrogens with two attached hydrogens (primary N) is 1. The minimum atomic E-state index is 0.0337. The molecule has 0 heterocycles. The number of nitrogens with zero attached hydrogens (tertiary/aromatic N) is 1. The van der Waals surface area contributed by atoms with Crippen LogP contribution in [-0.4, -0.2) is 13.6 Å². The maximum Gasteiger partial charge on any atom is 0.0788 e. The number of terminal acetylenes is 1. The number of anilines is 1. The first-order chi connectivity index (χ1) is 7.06. The van der Waals surface area contributed by atoms with E-state index in [0.29, 0.717) is 6.54 Å². The first-order valence-corrected chi connectivity index (χ1v) is 5.55. The van der Waals surface area contributed by atoms with Crippen molar-refractivity contribution in [1.29, 1.82) is 0 Å². The molecule has 0 aromatic heterocycles. The zero-order valence-electron chi connectivity index (χ0n) is 9.00. The van der Waals surface area contributed by atoms with Gasteiger partial charge in [0.05, 0.1) is 6.54 Å². The summed E-state index contributed by atoms with van der Waals surface area (Å²) < 4.78 is 1.03. The van der Waals surface area contributed by atoms with Crippen molar-refractivity contribution < 1.29 is 0 Å².